The van der Waals surface area contributed by atoms with Gasteiger partial charge in [-0.2, -0.15) is 0 Å². The molecule has 7 heteroatoms. The molecule has 2 rings (SSSR count). The Hall–Kier alpha value is -1.72. The van der Waals surface area contributed by atoms with E-state index in [1.807, 2.05) is 0 Å². The minimum Gasteiger partial charge on any atom is -0.476 e. The smallest absolute Gasteiger partial charge is 0.357 e. The van der Waals surface area contributed by atoms with E-state index in [0.717, 1.165) is 0 Å². The van der Waals surface area contributed by atoms with Gasteiger partial charge in [0.05, 0.1) is 21.3 Å². The highest BCUT2D eigenvalue weighted by Gasteiger charge is 2.16. The van der Waals surface area contributed by atoms with E-state index < -0.39 is 17.5 Å². The van der Waals surface area contributed by atoms with E-state index in [0.29, 0.717) is 0 Å². The fraction of sp³-hybridized carbons (Fsp3) is 0. The van der Waals surface area contributed by atoms with Crippen molar-refractivity contribution in [2.75, 3.05) is 0 Å². The molecule has 0 aliphatic heterocycles. The average Bonchev–Trinajstić information content (AvgIpc) is 2.28. The summed E-state index contributed by atoms with van der Waals surface area (Å²) in [6, 6.07) is 5.35. The van der Waals surface area contributed by atoms with Crippen LogP contribution in [0.25, 0.3) is 11.3 Å². The van der Waals surface area contributed by atoms with Gasteiger partial charge in [-0.3, -0.25) is 0 Å². The number of carboxylic acid groups (broad SMARTS) is 1. The second-order valence-corrected chi connectivity index (χ2v) is 4.14. The molecule has 92 valence electrons. The third-order valence-electron chi connectivity index (χ3n) is 2.17. The second-order valence-electron chi connectivity index (χ2n) is 3.33. The molecular weight excluding hydrogens is 282 g/mol. The minimum absolute atomic E-state index is 0.0329. The van der Waals surface area contributed by atoms with Crippen molar-refractivity contribution in [3.63, 3.8) is 0 Å². The van der Waals surface area contributed by atoms with E-state index >= 15 is 0 Å². The number of carbonyl (C=O) groups is 1. The third kappa shape index (κ3) is 2.27. The predicted molar refractivity (Wildman–Crippen MR) is 64.4 cm³/mol. The summed E-state index contributed by atoms with van der Waals surface area (Å²) in [6.45, 7) is 0. The van der Waals surface area contributed by atoms with Gasteiger partial charge in [-0.05, 0) is 18.2 Å². The number of rotatable bonds is 2. The van der Waals surface area contributed by atoms with Gasteiger partial charge in [0.2, 0.25) is 0 Å². The molecule has 18 heavy (non-hydrogen) atoms. The van der Waals surface area contributed by atoms with E-state index in [9.17, 15) is 9.18 Å². The van der Waals surface area contributed by atoms with Crippen LogP contribution in [0, 0.1) is 5.82 Å². The molecule has 0 spiro atoms. The van der Waals surface area contributed by atoms with Crippen molar-refractivity contribution in [1.82, 2.24) is 10.2 Å². The van der Waals surface area contributed by atoms with Gasteiger partial charge in [-0.25, -0.2) is 9.18 Å². The number of hydrogen-bond acceptors (Lipinski definition) is 3. The number of benzene rings is 1. The third-order valence-corrected chi connectivity index (χ3v) is 2.77. The molecule has 1 aromatic heterocycles. The van der Waals surface area contributed by atoms with Crippen molar-refractivity contribution in [3.05, 3.63) is 45.8 Å². The van der Waals surface area contributed by atoms with Crippen molar-refractivity contribution in [2.45, 2.75) is 0 Å². The molecule has 0 saturated heterocycles. The fourth-order valence-electron chi connectivity index (χ4n) is 1.38. The summed E-state index contributed by atoms with van der Waals surface area (Å²) in [5, 5.41) is 15.8. The molecule has 1 aromatic carbocycles. The molecule has 0 fully saturated rings. The number of carboxylic acids is 1. The lowest BCUT2D eigenvalue weighted by molar-refractivity contribution is 0.0689. The number of nitrogens with zero attached hydrogens (tertiary/aromatic N) is 2. The highest BCUT2D eigenvalue weighted by Crippen LogP contribution is 2.30. The molecule has 0 bridgehead atoms. The van der Waals surface area contributed by atoms with Crippen molar-refractivity contribution < 1.29 is 14.3 Å². The van der Waals surface area contributed by atoms with Crippen molar-refractivity contribution >= 4 is 29.2 Å². The van der Waals surface area contributed by atoms with E-state index in [1.54, 1.807) is 0 Å². The van der Waals surface area contributed by atoms with E-state index in [1.165, 1.54) is 24.3 Å². The van der Waals surface area contributed by atoms with Crippen LogP contribution in [-0.2, 0) is 0 Å². The van der Waals surface area contributed by atoms with Gasteiger partial charge >= 0.3 is 5.97 Å². The predicted octanol–water partition coefficient (Wildman–Crippen LogP) is 3.29. The zero-order valence-corrected chi connectivity index (χ0v) is 10.2. The van der Waals surface area contributed by atoms with E-state index in [-0.39, 0.29) is 21.3 Å². The zero-order chi connectivity index (χ0) is 13.3. The molecule has 1 N–H and O–H groups in total. The minimum atomic E-state index is -1.31. The molecule has 0 amide bonds. The molecule has 0 aliphatic rings. The summed E-state index contributed by atoms with van der Waals surface area (Å²) in [5.41, 5.74) is -0.286. The molecule has 0 aliphatic carbocycles. The maximum absolute atomic E-state index is 13.6. The fourth-order valence-corrected chi connectivity index (χ4v) is 1.86. The Balaban J connectivity index is 2.59. The van der Waals surface area contributed by atoms with Crippen LogP contribution in [0.4, 0.5) is 4.39 Å². The Bertz CT molecular complexity index is 614. The summed E-state index contributed by atoms with van der Waals surface area (Å²) in [5.74, 6) is -1.89. The molecule has 0 saturated carbocycles. The Kier molecular flexibility index (Phi) is 3.45. The Labute approximate surface area is 111 Å². The molecule has 1 heterocycles. The van der Waals surface area contributed by atoms with Crippen LogP contribution in [0.2, 0.25) is 10.0 Å². The van der Waals surface area contributed by atoms with Crippen LogP contribution in [0.15, 0.2) is 24.3 Å². The summed E-state index contributed by atoms with van der Waals surface area (Å²) < 4.78 is 13.6. The van der Waals surface area contributed by atoms with Gasteiger partial charge in [0, 0.05) is 0 Å². The zero-order valence-electron chi connectivity index (χ0n) is 8.69. The summed E-state index contributed by atoms with van der Waals surface area (Å²) in [4.78, 5) is 10.7. The molecule has 0 unspecified atom stereocenters. The van der Waals surface area contributed by atoms with Gasteiger partial charge in [0.1, 0.15) is 5.82 Å². The molecule has 4 nitrogen and oxygen atoms in total. The second kappa shape index (κ2) is 4.88. The summed E-state index contributed by atoms with van der Waals surface area (Å²) in [6.07, 6.45) is 0. The van der Waals surface area contributed by atoms with Crippen LogP contribution in [-0.4, -0.2) is 21.3 Å². The first-order valence-corrected chi connectivity index (χ1v) is 5.47. The lowest BCUT2D eigenvalue weighted by atomic mass is 10.1. The molecule has 2 aromatic rings. The van der Waals surface area contributed by atoms with Gasteiger partial charge in [-0.1, -0.05) is 29.3 Å². The number of aromatic carboxylic acids is 1. The lowest BCUT2D eigenvalue weighted by Crippen LogP contribution is -2.04. The SMILES string of the molecule is O=C(O)c1nnc(-c2c(F)cccc2Cl)cc1Cl. The maximum atomic E-state index is 13.6. The van der Waals surface area contributed by atoms with Crippen LogP contribution in [0.1, 0.15) is 10.5 Å². The van der Waals surface area contributed by atoms with Crippen molar-refractivity contribution in [2.24, 2.45) is 0 Å². The lowest BCUT2D eigenvalue weighted by Gasteiger charge is -2.05. The molecule has 0 radical (unpaired) electrons. The number of hydrogen-bond donors (Lipinski definition) is 1. The Morgan fingerprint density at radius 2 is 1.94 bits per heavy atom. The Morgan fingerprint density at radius 3 is 2.50 bits per heavy atom. The van der Waals surface area contributed by atoms with Crippen LogP contribution < -0.4 is 0 Å². The highest BCUT2D eigenvalue weighted by molar-refractivity contribution is 6.34. The summed E-state index contributed by atoms with van der Waals surface area (Å²) >= 11 is 11.6. The van der Waals surface area contributed by atoms with Crippen molar-refractivity contribution in [1.29, 1.82) is 0 Å². The average molecular weight is 287 g/mol. The number of aromatic nitrogens is 2. The van der Waals surface area contributed by atoms with Crippen LogP contribution in [0.3, 0.4) is 0 Å². The topological polar surface area (TPSA) is 63.1 Å². The van der Waals surface area contributed by atoms with E-state index in [2.05, 4.69) is 10.2 Å². The Morgan fingerprint density at radius 1 is 1.22 bits per heavy atom. The first-order valence-electron chi connectivity index (χ1n) is 4.71. The van der Waals surface area contributed by atoms with E-state index in [4.69, 9.17) is 28.3 Å². The standard InChI is InChI=1S/C11H5Cl2FN2O2/c12-5-2-1-3-7(14)9(5)8-4-6(13)10(11(17)18)16-15-8/h1-4H,(H,17,18). The van der Waals surface area contributed by atoms with Gasteiger partial charge in [0.15, 0.2) is 5.69 Å². The van der Waals surface area contributed by atoms with Gasteiger partial charge < -0.3 is 5.11 Å². The van der Waals surface area contributed by atoms with Crippen LogP contribution in [0.5, 0.6) is 0 Å². The summed E-state index contributed by atoms with van der Waals surface area (Å²) in [7, 11) is 0. The first-order chi connectivity index (χ1) is 8.50. The van der Waals surface area contributed by atoms with Crippen LogP contribution >= 0.6 is 23.2 Å². The maximum Gasteiger partial charge on any atom is 0.357 e. The van der Waals surface area contributed by atoms with Gasteiger partial charge in [0.25, 0.3) is 0 Å². The monoisotopic (exact) mass is 286 g/mol. The normalized spacial score (nSPS) is 10.4. The molecular formula is C11H5Cl2FN2O2. The quantitative estimate of drug-likeness (QED) is 0.920. The molecule has 0 atom stereocenters. The first kappa shape index (κ1) is 12.7. The van der Waals surface area contributed by atoms with Gasteiger partial charge in [-0.15, -0.1) is 10.2 Å². The number of halogens is 3. The largest absolute Gasteiger partial charge is 0.476 e. The highest BCUT2D eigenvalue weighted by atomic mass is 35.5. The van der Waals surface area contributed by atoms with Crippen molar-refractivity contribution in [3.8, 4) is 11.3 Å².